The minimum absolute atomic E-state index is 0.0462. The number of hydrogen-bond acceptors (Lipinski definition) is 6. The zero-order valence-corrected chi connectivity index (χ0v) is 20.5. The Morgan fingerprint density at radius 1 is 1.22 bits per heavy atom. The monoisotopic (exact) mass is 456 g/mol. The number of carbonyl (C=O) groups excluding carboxylic acids is 2. The Morgan fingerprint density at radius 3 is 2.69 bits per heavy atom. The van der Waals surface area contributed by atoms with Crippen LogP contribution in [0, 0.1) is 5.92 Å². The lowest BCUT2D eigenvalue weighted by molar-refractivity contribution is -0.137. The van der Waals surface area contributed by atoms with Gasteiger partial charge in [0.1, 0.15) is 10.6 Å². The largest absolute Gasteiger partial charge is 0.443 e. The maximum Gasteiger partial charge on any atom is 0.414 e. The minimum Gasteiger partial charge on any atom is -0.443 e. The molecule has 4 rings (SSSR count). The molecule has 8 heteroatoms. The molecule has 1 aromatic carbocycles. The van der Waals surface area contributed by atoms with Crippen LogP contribution in [0.5, 0.6) is 0 Å². The summed E-state index contributed by atoms with van der Waals surface area (Å²) < 4.78 is 6.75. The molecule has 2 aliphatic rings. The maximum atomic E-state index is 12.9. The number of benzene rings is 1. The zero-order chi connectivity index (χ0) is 23.2. The van der Waals surface area contributed by atoms with Crippen LogP contribution >= 0.6 is 11.3 Å². The first-order valence-corrected chi connectivity index (χ1v) is 11.9. The molecule has 0 spiro atoms. The number of ether oxygens (including phenoxy) is 1. The van der Waals surface area contributed by atoms with E-state index in [1.165, 1.54) is 0 Å². The van der Waals surface area contributed by atoms with Gasteiger partial charge in [-0.05, 0) is 52.3 Å². The summed E-state index contributed by atoms with van der Waals surface area (Å²) in [5.41, 5.74) is 2.17. The SMILES string of the molecule is C[C@H]1CC=C(c2ccc3sc(C4CN(C)CC(=O)N4C)nc3c2)N(C(=O)OC(C)(C)C)C1. The second kappa shape index (κ2) is 8.48. The van der Waals surface area contributed by atoms with Crippen molar-refractivity contribution >= 4 is 39.3 Å². The third-order valence-corrected chi connectivity index (χ3v) is 6.99. The van der Waals surface area contributed by atoms with E-state index >= 15 is 0 Å². The fraction of sp³-hybridized carbons (Fsp3) is 0.542. The van der Waals surface area contributed by atoms with Crippen molar-refractivity contribution in [3.8, 4) is 0 Å². The van der Waals surface area contributed by atoms with Crippen LogP contribution in [0.2, 0.25) is 0 Å². The molecule has 0 aliphatic carbocycles. The molecule has 1 fully saturated rings. The first kappa shape index (κ1) is 22.7. The van der Waals surface area contributed by atoms with Gasteiger partial charge in [-0.3, -0.25) is 14.6 Å². The molecule has 0 bridgehead atoms. The quantitative estimate of drug-likeness (QED) is 0.672. The van der Waals surface area contributed by atoms with Crippen molar-refractivity contribution < 1.29 is 14.3 Å². The van der Waals surface area contributed by atoms with Gasteiger partial charge >= 0.3 is 6.09 Å². The van der Waals surface area contributed by atoms with Crippen molar-refractivity contribution in [3.63, 3.8) is 0 Å². The summed E-state index contributed by atoms with van der Waals surface area (Å²) in [6.07, 6.45) is 2.71. The van der Waals surface area contributed by atoms with Crippen molar-refractivity contribution in [1.29, 1.82) is 0 Å². The van der Waals surface area contributed by atoms with Crippen LogP contribution in [0.4, 0.5) is 4.79 Å². The number of nitrogens with zero attached hydrogens (tertiary/aromatic N) is 4. The Kier molecular flexibility index (Phi) is 6.02. The van der Waals surface area contributed by atoms with E-state index in [9.17, 15) is 9.59 Å². The number of carbonyl (C=O) groups is 2. The molecule has 172 valence electrons. The van der Waals surface area contributed by atoms with Crippen molar-refractivity contribution in [3.05, 3.63) is 34.8 Å². The molecule has 2 atom stereocenters. The minimum atomic E-state index is -0.548. The molecular weight excluding hydrogens is 424 g/mol. The average molecular weight is 457 g/mol. The lowest BCUT2D eigenvalue weighted by Crippen LogP contribution is -2.48. The Hall–Kier alpha value is -2.45. The second-order valence-corrected chi connectivity index (χ2v) is 11.0. The third-order valence-electron chi connectivity index (χ3n) is 5.85. The Labute approximate surface area is 193 Å². The normalized spacial score (nSPS) is 22.9. The van der Waals surface area contributed by atoms with Crippen molar-refractivity contribution in [2.75, 3.05) is 33.7 Å². The molecule has 0 saturated carbocycles. The molecule has 1 aromatic heterocycles. The summed E-state index contributed by atoms with van der Waals surface area (Å²) in [5.74, 6) is 0.482. The standard InChI is InChI=1S/C24H32N4O3S/c1-15-7-9-18(28(12-15)23(30)31-24(2,3)4)16-8-10-20-17(11-16)25-22(32-20)19-13-26(5)14-21(29)27(19)6/h8-11,15,19H,7,12-14H2,1-6H3/t15-,19?/m0/s1. The second-order valence-electron chi connectivity index (χ2n) is 9.97. The van der Waals surface area contributed by atoms with E-state index in [-0.39, 0.29) is 18.0 Å². The lowest BCUT2D eigenvalue weighted by atomic mass is 9.98. The van der Waals surface area contributed by atoms with Crippen LogP contribution in [0.25, 0.3) is 15.9 Å². The van der Waals surface area contributed by atoms with Crippen molar-refractivity contribution in [1.82, 2.24) is 19.7 Å². The molecule has 2 amide bonds. The van der Waals surface area contributed by atoms with Crippen molar-refractivity contribution in [2.45, 2.75) is 45.8 Å². The number of thiazole rings is 1. The first-order valence-electron chi connectivity index (χ1n) is 11.1. The molecule has 32 heavy (non-hydrogen) atoms. The summed E-state index contributed by atoms with van der Waals surface area (Å²) >= 11 is 1.63. The maximum absolute atomic E-state index is 12.9. The molecule has 1 unspecified atom stereocenters. The van der Waals surface area contributed by atoms with E-state index in [1.807, 2.05) is 51.9 Å². The molecule has 2 aliphatic heterocycles. The fourth-order valence-corrected chi connectivity index (χ4v) is 5.24. The van der Waals surface area contributed by atoms with Gasteiger partial charge in [0.15, 0.2) is 0 Å². The number of allylic oxidation sites excluding steroid dienone is 1. The predicted octanol–water partition coefficient (Wildman–Crippen LogP) is 4.36. The van der Waals surface area contributed by atoms with Crippen LogP contribution in [-0.4, -0.2) is 71.0 Å². The summed E-state index contributed by atoms with van der Waals surface area (Å²) in [6.45, 7) is 9.63. The summed E-state index contributed by atoms with van der Waals surface area (Å²) in [7, 11) is 3.81. The van der Waals surface area contributed by atoms with Gasteiger partial charge < -0.3 is 9.64 Å². The lowest BCUT2D eigenvalue weighted by Gasteiger charge is -2.36. The number of rotatable bonds is 2. The number of amides is 2. The number of fused-ring (bicyclic) bond motifs is 1. The van der Waals surface area contributed by atoms with Gasteiger partial charge in [-0.1, -0.05) is 19.1 Å². The van der Waals surface area contributed by atoms with E-state index in [4.69, 9.17) is 9.72 Å². The Balaban J connectivity index is 1.65. The highest BCUT2D eigenvalue weighted by atomic mass is 32.1. The van der Waals surface area contributed by atoms with Crippen LogP contribution < -0.4 is 0 Å². The van der Waals surface area contributed by atoms with E-state index in [0.29, 0.717) is 19.0 Å². The molecule has 2 aromatic rings. The number of piperazine rings is 1. The molecule has 0 radical (unpaired) electrons. The Morgan fingerprint density at radius 2 is 1.97 bits per heavy atom. The highest BCUT2D eigenvalue weighted by Gasteiger charge is 2.32. The molecule has 0 N–H and O–H groups in total. The highest BCUT2D eigenvalue weighted by molar-refractivity contribution is 7.18. The number of aromatic nitrogens is 1. The predicted molar refractivity (Wildman–Crippen MR) is 127 cm³/mol. The smallest absolute Gasteiger partial charge is 0.414 e. The van der Waals surface area contributed by atoms with Crippen LogP contribution in [0.3, 0.4) is 0 Å². The van der Waals surface area contributed by atoms with Crippen LogP contribution in [0.15, 0.2) is 24.3 Å². The van der Waals surface area contributed by atoms with E-state index in [0.717, 1.165) is 39.5 Å². The van der Waals surface area contributed by atoms with E-state index in [2.05, 4.69) is 19.1 Å². The molecular formula is C24H32N4O3S. The average Bonchev–Trinajstić information content (AvgIpc) is 3.12. The third kappa shape index (κ3) is 4.66. The van der Waals surface area contributed by atoms with E-state index < -0.39 is 5.60 Å². The molecule has 1 saturated heterocycles. The summed E-state index contributed by atoms with van der Waals surface area (Å²) in [6, 6.07) is 6.11. The molecule has 7 nitrogen and oxygen atoms in total. The van der Waals surface area contributed by atoms with Gasteiger partial charge in [0, 0.05) is 25.7 Å². The fourth-order valence-electron chi connectivity index (χ4n) is 4.16. The highest BCUT2D eigenvalue weighted by Crippen LogP contribution is 2.35. The van der Waals surface area contributed by atoms with Crippen molar-refractivity contribution in [2.24, 2.45) is 5.92 Å². The molecule has 3 heterocycles. The van der Waals surface area contributed by atoms with Gasteiger partial charge in [0.25, 0.3) is 0 Å². The Bertz CT molecular complexity index is 1070. The number of hydrogen-bond donors (Lipinski definition) is 0. The van der Waals surface area contributed by atoms with Gasteiger partial charge in [0.2, 0.25) is 5.91 Å². The summed E-state index contributed by atoms with van der Waals surface area (Å²) in [5, 5.41) is 0.940. The zero-order valence-electron chi connectivity index (χ0n) is 19.7. The number of likely N-dealkylation sites (N-methyl/N-ethyl adjacent to an activating group) is 2. The topological polar surface area (TPSA) is 66.0 Å². The van der Waals surface area contributed by atoms with Gasteiger partial charge in [-0.25, -0.2) is 9.78 Å². The van der Waals surface area contributed by atoms with Crippen LogP contribution in [0.1, 0.15) is 50.7 Å². The van der Waals surface area contributed by atoms with Crippen LogP contribution in [-0.2, 0) is 9.53 Å². The summed E-state index contributed by atoms with van der Waals surface area (Å²) in [4.78, 5) is 35.7. The first-order chi connectivity index (χ1) is 15.0. The van der Waals surface area contributed by atoms with E-state index in [1.54, 1.807) is 21.1 Å². The van der Waals surface area contributed by atoms with Gasteiger partial charge in [-0.15, -0.1) is 11.3 Å². The van der Waals surface area contributed by atoms with Gasteiger partial charge in [-0.2, -0.15) is 0 Å². The van der Waals surface area contributed by atoms with Gasteiger partial charge in [0.05, 0.1) is 28.5 Å².